The summed E-state index contributed by atoms with van der Waals surface area (Å²) >= 11 is 0. The zero-order valence-electron chi connectivity index (χ0n) is 18.8. The fourth-order valence-corrected chi connectivity index (χ4v) is 3.04. The molecule has 0 unspecified atom stereocenters. The Hall–Kier alpha value is -4.07. The van der Waals surface area contributed by atoms with E-state index in [4.69, 9.17) is 13.9 Å². The molecule has 0 saturated heterocycles. The summed E-state index contributed by atoms with van der Waals surface area (Å²) < 4.78 is 16.0. The summed E-state index contributed by atoms with van der Waals surface area (Å²) in [5, 5.41) is 2.81. The molecular weight excluding hydrogens is 424 g/mol. The molecule has 2 amide bonds. The summed E-state index contributed by atoms with van der Waals surface area (Å²) in [7, 11) is 1.46. The molecule has 1 heterocycles. The van der Waals surface area contributed by atoms with E-state index in [1.807, 2.05) is 62.4 Å². The second-order valence-corrected chi connectivity index (χ2v) is 7.51. The van der Waals surface area contributed by atoms with Gasteiger partial charge in [-0.05, 0) is 49.2 Å². The number of ether oxygens (including phenoxy) is 2. The second-order valence-electron chi connectivity index (χ2n) is 7.51. The number of nitrogens with zero attached hydrogens (tertiary/aromatic N) is 1. The van der Waals surface area contributed by atoms with Crippen LogP contribution in [-0.2, 0) is 20.9 Å². The topological polar surface area (TPSA) is 98.1 Å². The lowest BCUT2D eigenvalue weighted by atomic mass is 10.1. The Balaban J connectivity index is 1.44. The van der Waals surface area contributed by atoms with Gasteiger partial charge in [-0.2, -0.15) is 0 Å². The van der Waals surface area contributed by atoms with Crippen molar-refractivity contribution in [2.75, 3.05) is 25.5 Å². The van der Waals surface area contributed by atoms with Crippen molar-refractivity contribution in [3.8, 4) is 5.75 Å². The van der Waals surface area contributed by atoms with Gasteiger partial charge < -0.3 is 24.1 Å². The molecule has 0 spiro atoms. The fraction of sp³-hybridized carbons (Fsp3) is 0.240. The average Bonchev–Trinajstić information content (AvgIpc) is 3.28. The van der Waals surface area contributed by atoms with Crippen LogP contribution >= 0.6 is 0 Å². The van der Waals surface area contributed by atoms with Crippen LogP contribution in [0.4, 0.5) is 5.69 Å². The molecule has 0 aliphatic rings. The summed E-state index contributed by atoms with van der Waals surface area (Å²) in [5.74, 6) is -0.554. The van der Waals surface area contributed by atoms with Crippen LogP contribution in [0.1, 0.15) is 27.4 Å². The molecule has 0 fully saturated rings. The maximum atomic E-state index is 12.3. The lowest BCUT2D eigenvalue weighted by Crippen LogP contribution is -2.37. The number of rotatable bonds is 9. The number of likely N-dealkylation sites (N-methyl/N-ethyl adjacent to an activating group) is 1. The van der Waals surface area contributed by atoms with Crippen molar-refractivity contribution in [1.82, 2.24) is 4.90 Å². The number of para-hydroxylation sites is 2. The Morgan fingerprint density at radius 2 is 1.64 bits per heavy atom. The lowest BCUT2D eigenvalue weighted by molar-refractivity contribution is -0.136. The number of anilines is 1. The van der Waals surface area contributed by atoms with E-state index in [-0.39, 0.29) is 24.8 Å². The predicted octanol–water partition coefficient (Wildman–Crippen LogP) is 3.73. The summed E-state index contributed by atoms with van der Waals surface area (Å²) in [5.41, 5.74) is 2.58. The van der Waals surface area contributed by atoms with Gasteiger partial charge in [-0.15, -0.1) is 0 Å². The van der Waals surface area contributed by atoms with E-state index in [9.17, 15) is 14.4 Å². The maximum absolute atomic E-state index is 12.3. The quantitative estimate of drug-likeness (QED) is 0.499. The Bertz CT molecular complexity index is 1100. The summed E-state index contributed by atoms with van der Waals surface area (Å²) in [6, 6.07) is 17.9. The molecule has 0 radical (unpaired) electrons. The Morgan fingerprint density at radius 1 is 0.939 bits per heavy atom. The highest BCUT2D eigenvalue weighted by molar-refractivity contribution is 5.96. The van der Waals surface area contributed by atoms with Gasteiger partial charge >= 0.3 is 5.97 Å². The van der Waals surface area contributed by atoms with Crippen LogP contribution in [0.3, 0.4) is 0 Å². The maximum Gasteiger partial charge on any atom is 0.374 e. The van der Waals surface area contributed by atoms with Crippen LogP contribution in [-0.4, -0.2) is 42.9 Å². The average molecular weight is 450 g/mol. The minimum Gasteiger partial charge on any atom is -0.486 e. The molecule has 1 aromatic heterocycles. The van der Waals surface area contributed by atoms with Crippen molar-refractivity contribution < 1.29 is 28.3 Å². The van der Waals surface area contributed by atoms with Gasteiger partial charge in [0.1, 0.15) is 18.1 Å². The van der Waals surface area contributed by atoms with Crippen LogP contribution in [0.5, 0.6) is 5.75 Å². The van der Waals surface area contributed by atoms with Gasteiger partial charge in [-0.25, -0.2) is 4.79 Å². The first-order valence-corrected chi connectivity index (χ1v) is 10.4. The molecule has 172 valence electrons. The third-order valence-electron chi connectivity index (χ3n) is 4.87. The largest absolute Gasteiger partial charge is 0.486 e. The number of carbonyl (C=O) groups is 3. The van der Waals surface area contributed by atoms with Gasteiger partial charge in [0, 0.05) is 12.7 Å². The van der Waals surface area contributed by atoms with Crippen molar-refractivity contribution in [1.29, 1.82) is 0 Å². The third kappa shape index (κ3) is 6.70. The number of hydrogen-bond donors (Lipinski definition) is 1. The molecule has 0 bridgehead atoms. The molecular formula is C25H26N2O6. The van der Waals surface area contributed by atoms with E-state index in [0.717, 1.165) is 16.8 Å². The smallest absolute Gasteiger partial charge is 0.374 e. The molecule has 8 heteroatoms. The van der Waals surface area contributed by atoms with Crippen LogP contribution in [0, 0.1) is 13.8 Å². The van der Waals surface area contributed by atoms with Gasteiger partial charge in [-0.1, -0.05) is 36.4 Å². The summed E-state index contributed by atoms with van der Waals surface area (Å²) in [4.78, 5) is 38.0. The standard InChI is InChI=1S/C25H26N2O6/c1-17-8-7-9-18(2)24(17)26-22(28)14-27(3)23(29)16-32-25(30)21-13-12-20(33-21)15-31-19-10-5-4-6-11-19/h4-13H,14-16H2,1-3H3,(H,26,28). The monoisotopic (exact) mass is 450 g/mol. The Kier molecular flexibility index (Phi) is 7.86. The molecule has 0 atom stereocenters. The first-order valence-electron chi connectivity index (χ1n) is 10.4. The van der Waals surface area contributed by atoms with Gasteiger partial charge in [0.05, 0.1) is 6.54 Å². The number of hydrogen-bond acceptors (Lipinski definition) is 6. The van der Waals surface area contributed by atoms with Gasteiger partial charge in [-0.3, -0.25) is 9.59 Å². The second kappa shape index (κ2) is 11.0. The number of furan rings is 1. The van der Waals surface area contributed by atoms with Crippen molar-refractivity contribution in [2.24, 2.45) is 0 Å². The van der Waals surface area contributed by atoms with Gasteiger partial charge in [0.2, 0.25) is 11.7 Å². The van der Waals surface area contributed by atoms with Gasteiger partial charge in [0.25, 0.3) is 5.91 Å². The number of nitrogens with one attached hydrogen (secondary N) is 1. The highest BCUT2D eigenvalue weighted by Gasteiger charge is 2.19. The molecule has 0 saturated carbocycles. The van der Waals surface area contributed by atoms with Crippen LogP contribution in [0.25, 0.3) is 0 Å². The number of esters is 1. The molecule has 3 aromatic rings. The first-order chi connectivity index (χ1) is 15.8. The summed E-state index contributed by atoms with van der Waals surface area (Å²) in [6.07, 6.45) is 0. The molecule has 3 rings (SSSR count). The van der Waals surface area contributed by atoms with Crippen molar-refractivity contribution in [2.45, 2.75) is 20.5 Å². The lowest BCUT2D eigenvalue weighted by Gasteiger charge is -2.18. The van der Waals surface area contributed by atoms with E-state index >= 15 is 0 Å². The number of amides is 2. The van der Waals surface area contributed by atoms with Crippen LogP contribution in [0.2, 0.25) is 0 Å². The minimum atomic E-state index is -0.775. The SMILES string of the molecule is Cc1cccc(C)c1NC(=O)CN(C)C(=O)COC(=O)c1ccc(COc2ccccc2)o1. The first kappa shape index (κ1) is 23.6. The minimum absolute atomic E-state index is 0.0371. The zero-order valence-corrected chi connectivity index (χ0v) is 18.8. The molecule has 8 nitrogen and oxygen atoms in total. The third-order valence-corrected chi connectivity index (χ3v) is 4.87. The van der Waals surface area contributed by atoms with E-state index in [2.05, 4.69) is 5.32 Å². The van der Waals surface area contributed by atoms with E-state index < -0.39 is 18.5 Å². The molecule has 2 aromatic carbocycles. The Morgan fingerprint density at radius 3 is 2.33 bits per heavy atom. The summed E-state index contributed by atoms with van der Waals surface area (Å²) in [6.45, 7) is 3.25. The highest BCUT2D eigenvalue weighted by atomic mass is 16.6. The van der Waals surface area contributed by atoms with Crippen molar-refractivity contribution in [3.05, 3.63) is 83.3 Å². The normalized spacial score (nSPS) is 10.4. The van der Waals surface area contributed by atoms with E-state index in [1.165, 1.54) is 18.0 Å². The number of carbonyl (C=O) groups excluding carboxylic acids is 3. The molecule has 0 aliphatic carbocycles. The van der Waals surface area contributed by atoms with E-state index in [1.54, 1.807) is 6.07 Å². The highest BCUT2D eigenvalue weighted by Crippen LogP contribution is 2.19. The number of benzene rings is 2. The predicted molar refractivity (Wildman–Crippen MR) is 122 cm³/mol. The van der Waals surface area contributed by atoms with Crippen molar-refractivity contribution in [3.63, 3.8) is 0 Å². The number of aryl methyl sites for hydroxylation is 2. The van der Waals surface area contributed by atoms with Crippen LogP contribution in [0.15, 0.2) is 65.1 Å². The van der Waals surface area contributed by atoms with Crippen LogP contribution < -0.4 is 10.1 Å². The fourth-order valence-electron chi connectivity index (χ4n) is 3.04. The zero-order chi connectivity index (χ0) is 23.8. The van der Waals surface area contributed by atoms with Crippen molar-refractivity contribution >= 4 is 23.5 Å². The molecule has 1 N–H and O–H groups in total. The van der Waals surface area contributed by atoms with E-state index in [0.29, 0.717) is 11.5 Å². The molecule has 0 aliphatic heterocycles. The molecule has 33 heavy (non-hydrogen) atoms. The van der Waals surface area contributed by atoms with Gasteiger partial charge in [0.15, 0.2) is 6.61 Å². The Labute approximate surface area is 192 Å².